The predicted molar refractivity (Wildman–Crippen MR) is 351 cm³/mol. The molecule has 0 amide bonds. The molecular weight excluding hydrogens is 1100 g/mol. The zero-order valence-corrected chi connectivity index (χ0v) is 51.2. The van der Waals surface area contributed by atoms with E-state index >= 15 is 0 Å². The van der Waals surface area contributed by atoms with E-state index < -0.39 is 35.8 Å². The van der Waals surface area contributed by atoms with Gasteiger partial charge in [-0.3, -0.25) is 14.4 Å². The number of phenols is 1. The van der Waals surface area contributed by atoms with Gasteiger partial charge in [0.15, 0.2) is 0 Å². The van der Waals surface area contributed by atoms with Gasteiger partial charge in [0.2, 0.25) is 0 Å². The van der Waals surface area contributed by atoms with Crippen molar-refractivity contribution in [2.45, 2.75) is 169 Å². The van der Waals surface area contributed by atoms with Gasteiger partial charge in [0.1, 0.15) is 33.9 Å². The molecule has 0 aliphatic carbocycles. The molecule has 0 bridgehead atoms. The zero-order valence-electron chi connectivity index (χ0n) is 51.2. The first-order chi connectivity index (χ1) is 41.9. The summed E-state index contributed by atoms with van der Waals surface area (Å²) in [5.74, 6) is -4.35. The lowest BCUT2D eigenvalue weighted by Crippen LogP contribution is -2.13. The Labute approximate surface area is 517 Å². The molecule has 0 aliphatic heterocycles. The van der Waals surface area contributed by atoms with Crippen LogP contribution in [0.5, 0.6) is 17.2 Å². The summed E-state index contributed by atoms with van der Waals surface area (Å²) in [6.45, 7) is 6.36. The Morgan fingerprint density at radius 1 is 0.414 bits per heavy atom. The smallest absolute Gasteiger partial charge is 0.349 e. The number of allylic oxidation sites excluding steroid dienone is 20. The predicted octanol–water partition coefficient (Wildman–Crippen LogP) is 19.0. The quantitative estimate of drug-likeness (QED) is 0.0103. The molecular formula is C72H95N3O12. The van der Waals surface area contributed by atoms with Crippen molar-refractivity contribution >= 4 is 52.9 Å². The van der Waals surface area contributed by atoms with Gasteiger partial charge in [-0.1, -0.05) is 175 Å². The summed E-state index contributed by atoms with van der Waals surface area (Å²) >= 11 is 0. The molecule has 3 rings (SSSR count). The minimum Gasteiger partial charge on any atom is -0.507 e. The highest BCUT2D eigenvalue weighted by atomic mass is 16.6. The fourth-order valence-corrected chi connectivity index (χ4v) is 7.62. The number of esters is 6. The highest BCUT2D eigenvalue weighted by molar-refractivity contribution is 6.01. The number of nitrogens with two attached hydrogens (primary N) is 1. The van der Waals surface area contributed by atoms with Crippen molar-refractivity contribution in [1.29, 1.82) is 0 Å². The van der Waals surface area contributed by atoms with Crippen molar-refractivity contribution in [2.75, 3.05) is 20.0 Å². The number of nitrogen functional groups attached to an aromatic ring is 1. The second-order valence-corrected chi connectivity index (χ2v) is 19.4. The van der Waals surface area contributed by atoms with E-state index in [2.05, 4.69) is 134 Å². The fraction of sp³-hybridized carbons (Fsp3) is 0.389. The average molecular weight is 1190 g/mol. The third-order valence-corrected chi connectivity index (χ3v) is 12.3. The Bertz CT molecular complexity index is 2860. The van der Waals surface area contributed by atoms with E-state index in [1.807, 2.05) is 18.2 Å². The molecule has 0 radical (unpaired) electrons. The third kappa shape index (κ3) is 37.4. The molecule has 0 heterocycles. The molecule has 0 atom stereocenters. The fourth-order valence-electron chi connectivity index (χ4n) is 7.62. The molecule has 0 aliphatic rings. The topological polar surface area (TPSA) is 220 Å². The SMILES string of the molecule is C.CC/C=C\C/C=C\C/C=C\C/C=C\C/C=C\CCCC(=O)OC(=O)c1ccc(N)cc1OC.CC/C=C\C/C=C\C/C=C\C/C=C\C/C=C\CCCC(=O)OC(=O)c1ccc(N=Nc2ccc(O)c(C(=O)OC(=O)CCCCCCC)c2)cc1OC. The number of hydrogen-bond acceptors (Lipinski definition) is 15. The van der Waals surface area contributed by atoms with E-state index in [0.29, 0.717) is 37.1 Å². The zero-order chi connectivity index (χ0) is 62.7. The first-order valence-electron chi connectivity index (χ1n) is 30.0. The van der Waals surface area contributed by atoms with Crippen molar-refractivity contribution in [3.05, 3.63) is 193 Å². The van der Waals surface area contributed by atoms with Crippen LogP contribution in [0.3, 0.4) is 0 Å². The Morgan fingerprint density at radius 2 is 0.759 bits per heavy atom. The summed E-state index contributed by atoms with van der Waals surface area (Å²) < 4.78 is 25.3. The Morgan fingerprint density at radius 3 is 1.17 bits per heavy atom. The van der Waals surface area contributed by atoms with Gasteiger partial charge in [-0.15, -0.1) is 0 Å². The number of hydrogen-bond donors (Lipinski definition) is 2. The number of rotatable bonds is 39. The number of methoxy groups -OCH3 is 2. The second kappa shape index (κ2) is 50.6. The van der Waals surface area contributed by atoms with Gasteiger partial charge in [0.25, 0.3) is 0 Å². The first kappa shape index (κ1) is 76.3. The van der Waals surface area contributed by atoms with Crippen molar-refractivity contribution in [2.24, 2.45) is 10.2 Å². The summed E-state index contributed by atoms with van der Waals surface area (Å²) in [6, 6.07) is 12.8. The van der Waals surface area contributed by atoms with Gasteiger partial charge >= 0.3 is 35.8 Å². The molecule has 15 nitrogen and oxygen atoms in total. The molecule has 87 heavy (non-hydrogen) atoms. The van der Waals surface area contributed by atoms with E-state index in [-0.39, 0.29) is 66.3 Å². The third-order valence-electron chi connectivity index (χ3n) is 12.3. The van der Waals surface area contributed by atoms with Crippen LogP contribution < -0.4 is 15.2 Å². The maximum absolute atomic E-state index is 12.7. The number of benzene rings is 3. The highest BCUT2D eigenvalue weighted by Crippen LogP contribution is 2.30. The average Bonchev–Trinajstić information content (AvgIpc) is 3.32. The summed E-state index contributed by atoms with van der Waals surface area (Å²) in [4.78, 5) is 73.7. The van der Waals surface area contributed by atoms with Crippen LogP contribution in [0.4, 0.5) is 17.1 Å². The van der Waals surface area contributed by atoms with E-state index in [4.69, 9.17) is 29.4 Å². The van der Waals surface area contributed by atoms with Crippen LogP contribution in [-0.4, -0.2) is 55.1 Å². The van der Waals surface area contributed by atoms with Gasteiger partial charge in [0.05, 0.1) is 25.6 Å². The number of anilines is 1. The number of nitrogens with zero attached hydrogens (tertiary/aromatic N) is 2. The second-order valence-electron chi connectivity index (χ2n) is 19.4. The van der Waals surface area contributed by atoms with E-state index in [1.54, 1.807) is 6.07 Å². The van der Waals surface area contributed by atoms with Crippen molar-refractivity contribution in [3.8, 4) is 17.2 Å². The maximum atomic E-state index is 12.7. The molecule has 0 saturated heterocycles. The minimum atomic E-state index is -0.980. The molecule has 15 heteroatoms. The number of unbranched alkanes of at least 4 members (excludes halogenated alkanes) is 6. The molecule has 470 valence electrons. The number of azo groups is 1. The van der Waals surface area contributed by atoms with Crippen molar-refractivity contribution < 1.29 is 57.6 Å². The van der Waals surface area contributed by atoms with E-state index in [0.717, 1.165) is 96.3 Å². The molecule has 0 saturated carbocycles. The Kier molecular flexibility index (Phi) is 44.4. The van der Waals surface area contributed by atoms with Crippen LogP contribution in [-0.2, 0) is 28.6 Å². The molecule has 3 aromatic carbocycles. The van der Waals surface area contributed by atoms with Gasteiger partial charge in [0, 0.05) is 37.1 Å². The first-order valence-corrected chi connectivity index (χ1v) is 30.0. The highest BCUT2D eigenvalue weighted by Gasteiger charge is 2.20. The summed E-state index contributed by atoms with van der Waals surface area (Å²) in [7, 11) is 2.79. The van der Waals surface area contributed by atoms with Crippen molar-refractivity contribution in [3.63, 3.8) is 0 Å². The van der Waals surface area contributed by atoms with Crippen LogP contribution in [0.15, 0.2) is 186 Å². The number of phenolic OH excluding ortho intramolecular Hbond substituents is 1. The number of carbonyl (C=O) groups is 6. The van der Waals surface area contributed by atoms with Gasteiger partial charge < -0.3 is 34.5 Å². The van der Waals surface area contributed by atoms with Crippen LogP contribution in [0.25, 0.3) is 0 Å². The molecule has 3 aromatic rings. The number of carbonyl (C=O) groups excluding carboxylic acids is 6. The lowest BCUT2D eigenvalue weighted by atomic mass is 10.1. The van der Waals surface area contributed by atoms with Crippen LogP contribution >= 0.6 is 0 Å². The summed E-state index contributed by atoms with van der Waals surface area (Å²) in [6.07, 6.45) is 59.9. The van der Waals surface area contributed by atoms with Crippen LogP contribution in [0.2, 0.25) is 0 Å². The van der Waals surface area contributed by atoms with E-state index in [9.17, 15) is 33.9 Å². The van der Waals surface area contributed by atoms with Crippen molar-refractivity contribution in [1.82, 2.24) is 0 Å². The molecule has 0 aromatic heterocycles. The standard InChI is InChI=1S/C43H54N2O8.C28H37NO4.CH4/c1-4-6-8-10-11-12-13-14-15-16-17-18-19-20-21-23-25-27-40(47)52-42(49)36-30-28-35(33-39(36)51-3)45-44-34-29-31-38(46)37(32-34)43(50)53-41(48)26-24-22-9-7-5-2;1-3-4-5-6-7-8-9-10-11-12-13-14-15-16-17-18-19-20-27(30)33-28(31)25-22-21-24(29)23-26(25)32-2;/h6,8,11-12,14-15,17-18,20-21,28-33,46H,4-5,7,9-10,13,16,19,22-27H2,1-3H3;4-5,7-8,10-11,13-14,16-17,21-23H,3,6,9,12,15,18-20,29H2,1-2H3;1H4/b8-6-,12-11-,15-14-,18-17-,21-20-,45-44?;5-4-,8-7-,11-10-,14-13-,17-16-;. The monoisotopic (exact) mass is 1190 g/mol. The lowest BCUT2D eigenvalue weighted by Gasteiger charge is -2.08. The van der Waals surface area contributed by atoms with E-state index in [1.165, 1.54) is 62.8 Å². The van der Waals surface area contributed by atoms with Crippen LogP contribution in [0.1, 0.15) is 201 Å². The number of ether oxygens (including phenoxy) is 5. The largest absolute Gasteiger partial charge is 0.507 e. The summed E-state index contributed by atoms with van der Waals surface area (Å²) in [5, 5.41) is 18.4. The molecule has 0 spiro atoms. The molecule has 3 N–H and O–H groups in total. The van der Waals surface area contributed by atoms with Crippen LogP contribution in [0, 0.1) is 0 Å². The molecule has 0 unspecified atom stereocenters. The Balaban J connectivity index is 0.000000957. The minimum absolute atomic E-state index is 0. The Hall–Kier alpha value is -8.72. The normalized spacial score (nSPS) is 11.8. The molecule has 0 fully saturated rings. The maximum Gasteiger partial charge on any atom is 0.349 e. The van der Waals surface area contributed by atoms with Gasteiger partial charge in [-0.25, -0.2) is 14.4 Å². The van der Waals surface area contributed by atoms with Gasteiger partial charge in [-0.05, 0) is 139 Å². The lowest BCUT2D eigenvalue weighted by molar-refractivity contribution is -0.139. The number of aromatic hydroxyl groups is 1. The van der Waals surface area contributed by atoms with Gasteiger partial charge in [-0.2, -0.15) is 10.2 Å². The summed E-state index contributed by atoms with van der Waals surface area (Å²) in [5.41, 5.74) is 6.64.